The van der Waals surface area contributed by atoms with Crippen molar-refractivity contribution in [2.75, 3.05) is 6.54 Å². The van der Waals surface area contributed by atoms with Crippen LogP contribution in [-0.4, -0.2) is 33.2 Å². The highest BCUT2D eigenvalue weighted by molar-refractivity contribution is 7.03. The first-order valence-corrected chi connectivity index (χ1v) is 6.36. The minimum absolute atomic E-state index is 0.200. The van der Waals surface area contributed by atoms with Crippen LogP contribution in [0, 0.1) is 0 Å². The van der Waals surface area contributed by atoms with E-state index >= 15 is 0 Å². The third-order valence-electron chi connectivity index (χ3n) is 2.41. The first-order valence-electron chi connectivity index (χ1n) is 5.53. The van der Waals surface area contributed by atoms with Gasteiger partial charge >= 0.3 is 0 Å². The molecule has 0 bridgehead atoms. The van der Waals surface area contributed by atoms with Crippen molar-refractivity contribution in [3.05, 3.63) is 47.0 Å². The summed E-state index contributed by atoms with van der Waals surface area (Å²) in [5.41, 5.74) is 1.32. The lowest BCUT2D eigenvalue weighted by molar-refractivity contribution is 0.0911. The fourth-order valence-electron chi connectivity index (χ4n) is 1.52. The Balaban J connectivity index is 1.78. The van der Waals surface area contributed by atoms with Gasteiger partial charge in [0.25, 0.3) is 5.91 Å². The highest BCUT2D eigenvalue weighted by Crippen LogP contribution is 2.03. The number of rotatable bonds is 5. The molecule has 2 rings (SSSR count). The van der Waals surface area contributed by atoms with Gasteiger partial charge in [-0.05, 0) is 17.1 Å². The van der Waals surface area contributed by atoms with Gasteiger partial charge in [0.2, 0.25) is 0 Å². The maximum absolute atomic E-state index is 11.5. The molecule has 18 heavy (non-hydrogen) atoms. The predicted molar refractivity (Wildman–Crippen MR) is 68.4 cm³/mol. The van der Waals surface area contributed by atoms with E-state index in [1.807, 2.05) is 30.3 Å². The number of nitrogens with zero attached hydrogens (tertiary/aromatic N) is 2. The summed E-state index contributed by atoms with van der Waals surface area (Å²) in [7, 11) is 0. The van der Waals surface area contributed by atoms with Crippen LogP contribution in [0.3, 0.4) is 0 Å². The van der Waals surface area contributed by atoms with E-state index in [1.54, 1.807) is 5.38 Å². The molecule has 1 heterocycles. The monoisotopic (exact) mass is 263 g/mol. The Kier molecular flexibility index (Phi) is 4.38. The van der Waals surface area contributed by atoms with Crippen molar-refractivity contribution in [3.63, 3.8) is 0 Å². The molecule has 0 unspecified atom stereocenters. The lowest BCUT2D eigenvalue weighted by Crippen LogP contribution is -2.33. The van der Waals surface area contributed by atoms with Crippen LogP contribution < -0.4 is 5.32 Å². The Morgan fingerprint density at radius 3 is 2.83 bits per heavy atom. The molecule has 1 amide bonds. The Morgan fingerprint density at radius 1 is 1.39 bits per heavy atom. The van der Waals surface area contributed by atoms with Gasteiger partial charge in [0.15, 0.2) is 5.69 Å². The molecule has 0 aliphatic heterocycles. The average molecular weight is 263 g/mol. The zero-order chi connectivity index (χ0) is 12.8. The normalized spacial score (nSPS) is 12.1. The quantitative estimate of drug-likeness (QED) is 0.839. The zero-order valence-electron chi connectivity index (χ0n) is 9.61. The molecule has 94 valence electrons. The molecular formula is C12H13N3O2S. The van der Waals surface area contributed by atoms with Crippen molar-refractivity contribution in [2.45, 2.75) is 12.5 Å². The van der Waals surface area contributed by atoms with Gasteiger partial charge in [0, 0.05) is 18.3 Å². The van der Waals surface area contributed by atoms with Crippen molar-refractivity contribution in [2.24, 2.45) is 0 Å². The van der Waals surface area contributed by atoms with Crippen molar-refractivity contribution in [1.29, 1.82) is 0 Å². The molecule has 2 N–H and O–H groups in total. The average Bonchev–Trinajstić information content (AvgIpc) is 2.91. The fraction of sp³-hybridized carbons (Fsp3) is 0.250. The van der Waals surface area contributed by atoms with Crippen molar-refractivity contribution >= 4 is 17.4 Å². The first kappa shape index (κ1) is 12.7. The third-order valence-corrected chi connectivity index (χ3v) is 2.91. The summed E-state index contributed by atoms with van der Waals surface area (Å²) in [4.78, 5) is 11.5. The molecule has 0 spiro atoms. The molecule has 1 aromatic carbocycles. The minimum Gasteiger partial charge on any atom is -0.391 e. The third kappa shape index (κ3) is 3.61. The van der Waals surface area contributed by atoms with E-state index in [1.165, 1.54) is 0 Å². The smallest absolute Gasteiger partial charge is 0.272 e. The summed E-state index contributed by atoms with van der Waals surface area (Å²) in [6.45, 7) is 0.200. The van der Waals surface area contributed by atoms with Crippen LogP contribution >= 0.6 is 11.5 Å². The van der Waals surface area contributed by atoms with Crippen LogP contribution in [-0.2, 0) is 6.42 Å². The second-order valence-electron chi connectivity index (χ2n) is 3.84. The molecule has 5 nitrogen and oxygen atoms in total. The Bertz CT molecular complexity index is 487. The number of benzene rings is 1. The van der Waals surface area contributed by atoms with E-state index in [9.17, 15) is 9.90 Å². The van der Waals surface area contributed by atoms with Crippen molar-refractivity contribution in [1.82, 2.24) is 14.9 Å². The van der Waals surface area contributed by atoms with E-state index in [-0.39, 0.29) is 18.1 Å². The van der Waals surface area contributed by atoms with Gasteiger partial charge in [0.1, 0.15) is 0 Å². The van der Waals surface area contributed by atoms with Gasteiger partial charge in [0.05, 0.1) is 6.10 Å². The SMILES string of the molecule is O=C(NC[C@@H](O)Cc1ccccc1)c1csnn1. The number of hydrogen-bond acceptors (Lipinski definition) is 5. The van der Waals surface area contributed by atoms with Gasteiger partial charge in [-0.25, -0.2) is 0 Å². The summed E-state index contributed by atoms with van der Waals surface area (Å²) >= 11 is 1.12. The molecular weight excluding hydrogens is 250 g/mol. The van der Waals surface area contributed by atoms with E-state index in [4.69, 9.17) is 0 Å². The minimum atomic E-state index is -0.608. The maximum atomic E-state index is 11.5. The lowest BCUT2D eigenvalue weighted by atomic mass is 10.1. The van der Waals surface area contributed by atoms with Crippen LogP contribution in [0.15, 0.2) is 35.7 Å². The van der Waals surface area contributed by atoms with E-state index < -0.39 is 6.10 Å². The van der Waals surface area contributed by atoms with Gasteiger partial charge in [-0.15, -0.1) is 5.10 Å². The number of amides is 1. The second kappa shape index (κ2) is 6.23. The molecule has 0 aliphatic rings. The number of nitrogens with one attached hydrogen (secondary N) is 1. The standard InChI is InChI=1S/C12H13N3O2S/c16-10(6-9-4-2-1-3-5-9)7-13-12(17)11-8-18-15-14-11/h1-5,8,10,16H,6-7H2,(H,13,17)/t10-/m0/s1. The van der Waals surface area contributed by atoms with Crippen LogP contribution in [0.1, 0.15) is 16.1 Å². The number of hydrogen-bond donors (Lipinski definition) is 2. The predicted octanol–water partition coefficient (Wildman–Crippen LogP) is 0.871. The summed E-state index contributed by atoms with van der Waals surface area (Å²) in [6.07, 6.45) is -0.0980. The largest absolute Gasteiger partial charge is 0.391 e. The Hall–Kier alpha value is -1.79. The van der Waals surface area contributed by atoms with Crippen LogP contribution in [0.4, 0.5) is 0 Å². The number of aromatic nitrogens is 2. The molecule has 1 atom stereocenters. The molecule has 0 aliphatic carbocycles. The Morgan fingerprint density at radius 2 is 2.17 bits per heavy atom. The highest BCUT2D eigenvalue weighted by Gasteiger charge is 2.11. The summed E-state index contributed by atoms with van der Waals surface area (Å²) < 4.78 is 3.61. The van der Waals surface area contributed by atoms with Crippen molar-refractivity contribution < 1.29 is 9.90 Å². The second-order valence-corrected chi connectivity index (χ2v) is 4.45. The number of carbonyl (C=O) groups is 1. The van der Waals surface area contributed by atoms with Gasteiger partial charge in [-0.3, -0.25) is 4.79 Å². The lowest BCUT2D eigenvalue weighted by Gasteiger charge is -2.11. The maximum Gasteiger partial charge on any atom is 0.272 e. The summed E-state index contributed by atoms with van der Waals surface area (Å²) in [6, 6.07) is 9.64. The van der Waals surface area contributed by atoms with E-state index in [0.717, 1.165) is 17.1 Å². The van der Waals surface area contributed by atoms with Crippen LogP contribution in [0.25, 0.3) is 0 Å². The molecule has 2 aromatic rings. The molecule has 0 saturated carbocycles. The van der Waals surface area contributed by atoms with Gasteiger partial charge in [-0.2, -0.15) is 0 Å². The number of aliphatic hydroxyl groups excluding tert-OH is 1. The van der Waals surface area contributed by atoms with Crippen LogP contribution in [0.2, 0.25) is 0 Å². The highest BCUT2D eigenvalue weighted by atomic mass is 32.1. The Labute approximate surface area is 109 Å². The fourth-order valence-corrected chi connectivity index (χ4v) is 1.96. The summed E-state index contributed by atoms with van der Waals surface area (Å²) in [5.74, 6) is -0.309. The molecule has 0 saturated heterocycles. The topological polar surface area (TPSA) is 75.1 Å². The molecule has 0 fully saturated rings. The molecule has 6 heteroatoms. The number of aliphatic hydroxyl groups is 1. The van der Waals surface area contributed by atoms with E-state index in [2.05, 4.69) is 14.9 Å². The summed E-state index contributed by atoms with van der Waals surface area (Å²) in [5, 5.41) is 17.6. The van der Waals surface area contributed by atoms with Gasteiger partial charge < -0.3 is 10.4 Å². The van der Waals surface area contributed by atoms with Gasteiger partial charge in [-0.1, -0.05) is 34.8 Å². The zero-order valence-corrected chi connectivity index (χ0v) is 10.4. The number of carbonyl (C=O) groups excluding carboxylic acids is 1. The first-order chi connectivity index (χ1) is 8.75. The van der Waals surface area contributed by atoms with Crippen molar-refractivity contribution in [3.8, 4) is 0 Å². The molecule has 1 aromatic heterocycles. The molecule has 0 radical (unpaired) electrons. The van der Waals surface area contributed by atoms with Crippen LogP contribution in [0.5, 0.6) is 0 Å². The van der Waals surface area contributed by atoms with E-state index in [0.29, 0.717) is 6.42 Å².